The van der Waals surface area contributed by atoms with E-state index in [1.807, 2.05) is 0 Å². The van der Waals surface area contributed by atoms with Crippen LogP contribution in [0.1, 0.15) is 20.8 Å². The first-order valence-electron chi connectivity index (χ1n) is 2.75. The Morgan fingerprint density at radius 3 is 2.00 bits per heavy atom. The predicted molar refractivity (Wildman–Crippen MR) is 43.8 cm³/mol. The Morgan fingerprint density at radius 2 is 1.89 bits per heavy atom. The fourth-order valence-corrected chi connectivity index (χ4v) is 0.316. The lowest BCUT2D eigenvalue weighted by molar-refractivity contribution is 0.452. The second kappa shape index (κ2) is 4.67. The van der Waals surface area contributed by atoms with E-state index >= 15 is 0 Å². The van der Waals surface area contributed by atoms with Gasteiger partial charge in [-0.2, -0.15) is 0 Å². The second-order valence-corrected chi connectivity index (χ2v) is 2.81. The summed E-state index contributed by atoms with van der Waals surface area (Å²) in [6, 6.07) is 0. The monoisotopic (exact) mass is 147 g/mol. The van der Waals surface area contributed by atoms with E-state index < -0.39 is 0 Å². The molecule has 0 aromatic rings. The lowest BCUT2D eigenvalue weighted by atomic mass is 10.1. The third-order valence-corrected chi connectivity index (χ3v) is 0.721. The van der Waals surface area contributed by atoms with Crippen molar-refractivity contribution in [3.63, 3.8) is 0 Å². The van der Waals surface area contributed by atoms with Crippen molar-refractivity contribution in [2.45, 2.75) is 26.3 Å². The van der Waals surface area contributed by atoms with Crippen molar-refractivity contribution in [2.75, 3.05) is 6.54 Å². The van der Waals surface area contributed by atoms with Crippen molar-refractivity contribution < 1.29 is 0 Å². The molecule has 0 bridgehead atoms. The predicted octanol–water partition coefficient (Wildman–Crippen LogP) is 1.43. The van der Waals surface area contributed by atoms with E-state index in [9.17, 15) is 0 Å². The number of hydrogen-bond donors (Lipinski definition) is 1. The average Bonchev–Trinajstić information content (AvgIpc) is 1.59. The maximum atomic E-state index is 5.02. The largest absolute Gasteiger partial charge is 0.301 e. The number of terminal acetylenes is 1. The highest BCUT2D eigenvalue weighted by Crippen LogP contribution is 1.95. The third kappa shape index (κ3) is 11.4. The molecule has 0 fully saturated rings. The summed E-state index contributed by atoms with van der Waals surface area (Å²) in [6.07, 6.45) is 5.02. The SMILES string of the molecule is C#CCNC(C)(C)C.Cl. The summed E-state index contributed by atoms with van der Waals surface area (Å²) in [6.45, 7) is 6.92. The summed E-state index contributed by atoms with van der Waals surface area (Å²) in [7, 11) is 0. The molecule has 0 aliphatic rings. The highest BCUT2D eigenvalue weighted by Gasteiger charge is 2.05. The topological polar surface area (TPSA) is 12.0 Å². The van der Waals surface area contributed by atoms with Crippen molar-refractivity contribution in [2.24, 2.45) is 0 Å². The molecular weight excluding hydrogens is 134 g/mol. The Labute approximate surface area is 63.6 Å². The first-order valence-corrected chi connectivity index (χ1v) is 2.75. The van der Waals surface area contributed by atoms with Gasteiger partial charge >= 0.3 is 0 Å². The fourth-order valence-electron chi connectivity index (χ4n) is 0.316. The normalized spacial score (nSPS) is 9.56. The molecule has 0 aromatic carbocycles. The minimum absolute atomic E-state index is 0. The van der Waals surface area contributed by atoms with Gasteiger partial charge in [0.2, 0.25) is 0 Å². The fraction of sp³-hybridized carbons (Fsp3) is 0.714. The van der Waals surface area contributed by atoms with Gasteiger partial charge in [-0.05, 0) is 20.8 Å². The van der Waals surface area contributed by atoms with E-state index in [1.165, 1.54) is 0 Å². The lowest BCUT2D eigenvalue weighted by Crippen LogP contribution is -2.35. The molecule has 0 saturated carbocycles. The van der Waals surface area contributed by atoms with Gasteiger partial charge < -0.3 is 5.32 Å². The summed E-state index contributed by atoms with van der Waals surface area (Å²) in [5.41, 5.74) is 0.159. The van der Waals surface area contributed by atoms with Crippen molar-refractivity contribution >= 4 is 12.4 Å². The molecule has 0 spiro atoms. The Balaban J connectivity index is 0. The summed E-state index contributed by atoms with van der Waals surface area (Å²) in [4.78, 5) is 0. The molecule has 0 heterocycles. The molecule has 0 unspecified atom stereocenters. The van der Waals surface area contributed by atoms with Crippen LogP contribution in [0.15, 0.2) is 0 Å². The minimum Gasteiger partial charge on any atom is -0.301 e. The molecule has 0 amide bonds. The van der Waals surface area contributed by atoms with Gasteiger partial charge in [0.1, 0.15) is 0 Å². The Hall–Kier alpha value is -0.190. The highest BCUT2D eigenvalue weighted by molar-refractivity contribution is 5.85. The zero-order chi connectivity index (χ0) is 6.62. The second-order valence-electron chi connectivity index (χ2n) is 2.81. The number of halogens is 1. The molecule has 0 aliphatic heterocycles. The van der Waals surface area contributed by atoms with Gasteiger partial charge in [0.15, 0.2) is 0 Å². The van der Waals surface area contributed by atoms with Crippen LogP contribution in [0.3, 0.4) is 0 Å². The Bertz CT molecular complexity index is 96.5. The van der Waals surface area contributed by atoms with Crippen molar-refractivity contribution in [3.05, 3.63) is 0 Å². The van der Waals surface area contributed by atoms with Crippen LogP contribution in [0.4, 0.5) is 0 Å². The van der Waals surface area contributed by atoms with Gasteiger partial charge in [0.25, 0.3) is 0 Å². The molecule has 1 nitrogen and oxygen atoms in total. The van der Waals surface area contributed by atoms with E-state index in [4.69, 9.17) is 6.42 Å². The quantitative estimate of drug-likeness (QED) is 0.554. The van der Waals surface area contributed by atoms with Gasteiger partial charge in [0, 0.05) is 5.54 Å². The number of rotatable bonds is 1. The molecule has 0 atom stereocenters. The van der Waals surface area contributed by atoms with Gasteiger partial charge in [-0.3, -0.25) is 0 Å². The molecule has 0 aliphatic carbocycles. The zero-order valence-electron chi connectivity index (χ0n) is 6.19. The van der Waals surface area contributed by atoms with Crippen LogP contribution in [-0.2, 0) is 0 Å². The highest BCUT2D eigenvalue weighted by atomic mass is 35.5. The summed E-state index contributed by atoms with van der Waals surface area (Å²) < 4.78 is 0. The van der Waals surface area contributed by atoms with Crippen LogP contribution in [0, 0.1) is 12.3 Å². The van der Waals surface area contributed by atoms with Crippen LogP contribution >= 0.6 is 12.4 Å². The number of nitrogens with one attached hydrogen (secondary N) is 1. The smallest absolute Gasteiger partial charge is 0.0577 e. The van der Waals surface area contributed by atoms with E-state index in [2.05, 4.69) is 32.0 Å². The van der Waals surface area contributed by atoms with Crippen LogP contribution in [0.5, 0.6) is 0 Å². The number of hydrogen-bond acceptors (Lipinski definition) is 1. The molecule has 0 rings (SSSR count). The van der Waals surface area contributed by atoms with Gasteiger partial charge in [-0.25, -0.2) is 0 Å². The van der Waals surface area contributed by atoms with Crippen molar-refractivity contribution in [3.8, 4) is 12.3 Å². The average molecular weight is 148 g/mol. The van der Waals surface area contributed by atoms with E-state index in [-0.39, 0.29) is 17.9 Å². The Morgan fingerprint density at radius 1 is 1.44 bits per heavy atom. The molecule has 2 heteroatoms. The molecular formula is C7H14ClN. The van der Waals surface area contributed by atoms with E-state index in [0.717, 1.165) is 0 Å². The maximum Gasteiger partial charge on any atom is 0.0577 e. The van der Waals surface area contributed by atoms with Crippen LogP contribution in [-0.4, -0.2) is 12.1 Å². The minimum atomic E-state index is 0. The summed E-state index contributed by atoms with van der Waals surface area (Å²) in [5, 5.41) is 3.14. The first kappa shape index (κ1) is 11.6. The Kier molecular flexibility index (Phi) is 6.01. The molecule has 54 valence electrons. The van der Waals surface area contributed by atoms with E-state index in [1.54, 1.807) is 0 Å². The van der Waals surface area contributed by atoms with E-state index in [0.29, 0.717) is 6.54 Å². The molecule has 9 heavy (non-hydrogen) atoms. The summed E-state index contributed by atoms with van der Waals surface area (Å²) in [5.74, 6) is 2.51. The maximum absolute atomic E-state index is 5.02. The molecule has 0 radical (unpaired) electrons. The van der Waals surface area contributed by atoms with Gasteiger partial charge in [-0.1, -0.05) is 5.92 Å². The molecule has 1 N–H and O–H groups in total. The van der Waals surface area contributed by atoms with Crippen LogP contribution in [0.2, 0.25) is 0 Å². The van der Waals surface area contributed by atoms with Crippen LogP contribution < -0.4 is 5.32 Å². The van der Waals surface area contributed by atoms with Crippen molar-refractivity contribution in [1.29, 1.82) is 0 Å². The first-order chi connectivity index (χ1) is 3.56. The van der Waals surface area contributed by atoms with Crippen molar-refractivity contribution in [1.82, 2.24) is 5.32 Å². The zero-order valence-corrected chi connectivity index (χ0v) is 7.01. The van der Waals surface area contributed by atoms with Gasteiger partial charge in [-0.15, -0.1) is 18.8 Å². The van der Waals surface area contributed by atoms with Gasteiger partial charge in [0.05, 0.1) is 6.54 Å². The molecule has 0 aromatic heterocycles. The van der Waals surface area contributed by atoms with Crippen LogP contribution in [0.25, 0.3) is 0 Å². The lowest BCUT2D eigenvalue weighted by Gasteiger charge is -2.17. The summed E-state index contributed by atoms with van der Waals surface area (Å²) >= 11 is 0. The third-order valence-electron chi connectivity index (χ3n) is 0.721. The molecule has 0 saturated heterocycles. The standard InChI is InChI=1S/C7H13N.ClH/c1-5-6-8-7(2,3)4;/h1,8H,6H2,2-4H3;1H.